The van der Waals surface area contributed by atoms with Gasteiger partial charge in [0.05, 0.1) is 32.7 Å². The molecule has 34 heavy (non-hydrogen) atoms. The molecule has 0 unspecified atom stereocenters. The molecule has 0 aliphatic heterocycles. The van der Waals surface area contributed by atoms with Crippen LogP contribution < -0.4 is 0 Å². The average molecular weight is 487 g/mol. The molecule has 0 spiro atoms. The predicted octanol–water partition coefficient (Wildman–Crippen LogP) is 5.61. The van der Waals surface area contributed by atoms with E-state index in [1.165, 1.54) is 0 Å². The fourth-order valence-corrected chi connectivity index (χ4v) is 3.42. The van der Waals surface area contributed by atoms with Crippen LogP contribution in [0.15, 0.2) is 0 Å². The Labute approximate surface area is 207 Å². The van der Waals surface area contributed by atoms with E-state index in [0.717, 1.165) is 38.5 Å². The standard InChI is InChI=1S/C27H50O7/c1-21(2)13-7-10-16-32-24(28)19-27(31,26(30)34-18-12-9-15-23(5)6)20-25(29)33-17-11-8-14-22(3)4/h21-23,31H,7-20H2,1-6H3. The number of rotatable bonds is 20. The maximum Gasteiger partial charge on any atom is 0.339 e. The van der Waals surface area contributed by atoms with Gasteiger partial charge in [0.1, 0.15) is 0 Å². The molecule has 1 N–H and O–H groups in total. The monoisotopic (exact) mass is 486 g/mol. The summed E-state index contributed by atoms with van der Waals surface area (Å²) in [6.07, 6.45) is 6.63. The molecule has 0 aromatic rings. The number of unbranched alkanes of at least 4 members (excludes halogenated alkanes) is 3. The first-order chi connectivity index (χ1) is 16.0. The van der Waals surface area contributed by atoms with Gasteiger partial charge in [-0.1, -0.05) is 60.8 Å². The smallest absolute Gasteiger partial charge is 0.339 e. The minimum atomic E-state index is -2.29. The van der Waals surface area contributed by atoms with Crippen molar-refractivity contribution in [3.8, 4) is 0 Å². The Balaban J connectivity index is 4.77. The summed E-state index contributed by atoms with van der Waals surface area (Å²) in [7, 11) is 0. The Hall–Kier alpha value is -1.63. The van der Waals surface area contributed by atoms with Crippen molar-refractivity contribution < 1.29 is 33.7 Å². The molecular weight excluding hydrogens is 436 g/mol. The number of hydrogen-bond donors (Lipinski definition) is 1. The molecule has 0 saturated carbocycles. The van der Waals surface area contributed by atoms with Crippen molar-refractivity contribution in [1.82, 2.24) is 0 Å². The second-order valence-electron chi connectivity index (χ2n) is 10.6. The number of carbonyl (C=O) groups excluding carboxylic acids is 3. The maximum atomic E-state index is 12.6. The molecule has 7 heteroatoms. The van der Waals surface area contributed by atoms with Gasteiger partial charge in [-0.05, 0) is 56.3 Å². The second-order valence-corrected chi connectivity index (χ2v) is 10.6. The molecule has 0 heterocycles. The van der Waals surface area contributed by atoms with Gasteiger partial charge in [-0.15, -0.1) is 0 Å². The molecule has 0 aliphatic carbocycles. The van der Waals surface area contributed by atoms with Gasteiger partial charge in [0.15, 0.2) is 5.60 Å². The van der Waals surface area contributed by atoms with E-state index in [-0.39, 0.29) is 19.8 Å². The first-order valence-corrected chi connectivity index (χ1v) is 13.2. The summed E-state index contributed by atoms with van der Waals surface area (Å²) in [4.78, 5) is 37.3. The fraction of sp³-hybridized carbons (Fsp3) is 0.889. The lowest BCUT2D eigenvalue weighted by Gasteiger charge is -2.24. The minimum Gasteiger partial charge on any atom is -0.466 e. The van der Waals surface area contributed by atoms with Gasteiger partial charge in [0.25, 0.3) is 0 Å². The molecule has 0 fully saturated rings. The van der Waals surface area contributed by atoms with Gasteiger partial charge in [-0.2, -0.15) is 0 Å². The third-order valence-electron chi connectivity index (χ3n) is 5.54. The van der Waals surface area contributed by atoms with E-state index in [0.29, 0.717) is 37.0 Å². The van der Waals surface area contributed by atoms with E-state index in [1.807, 2.05) is 0 Å². The molecule has 0 radical (unpaired) electrons. The number of aliphatic hydroxyl groups is 1. The molecular formula is C27H50O7. The van der Waals surface area contributed by atoms with Crippen molar-refractivity contribution in [2.45, 2.75) is 118 Å². The normalized spacial score (nSPS) is 11.8. The largest absolute Gasteiger partial charge is 0.466 e. The van der Waals surface area contributed by atoms with Gasteiger partial charge in [-0.25, -0.2) is 4.79 Å². The SMILES string of the molecule is CC(C)CCCCOC(=O)CC(O)(CC(=O)OCCCCC(C)C)C(=O)OCCCCC(C)C. The fourth-order valence-electron chi connectivity index (χ4n) is 3.42. The summed E-state index contributed by atoms with van der Waals surface area (Å²) >= 11 is 0. The third-order valence-corrected chi connectivity index (χ3v) is 5.54. The van der Waals surface area contributed by atoms with Gasteiger partial charge in [0, 0.05) is 0 Å². The summed E-state index contributed by atoms with van der Waals surface area (Å²) in [5, 5.41) is 10.9. The second kappa shape index (κ2) is 18.7. The third kappa shape index (κ3) is 17.8. The van der Waals surface area contributed by atoms with E-state index in [2.05, 4.69) is 41.5 Å². The van der Waals surface area contributed by atoms with E-state index >= 15 is 0 Å². The van der Waals surface area contributed by atoms with Crippen LogP contribution >= 0.6 is 0 Å². The summed E-state index contributed by atoms with van der Waals surface area (Å²) in [5.74, 6) is -0.731. The van der Waals surface area contributed by atoms with Crippen LogP contribution in [-0.2, 0) is 28.6 Å². The van der Waals surface area contributed by atoms with Crippen molar-refractivity contribution in [3.05, 3.63) is 0 Å². The van der Waals surface area contributed by atoms with E-state index in [1.54, 1.807) is 0 Å². The molecule has 0 aromatic carbocycles. The summed E-state index contributed by atoms with van der Waals surface area (Å²) in [6, 6.07) is 0. The highest BCUT2D eigenvalue weighted by atomic mass is 16.6. The van der Waals surface area contributed by atoms with Gasteiger partial charge >= 0.3 is 17.9 Å². The van der Waals surface area contributed by atoms with Crippen LogP contribution in [0.2, 0.25) is 0 Å². The Kier molecular flexibility index (Phi) is 17.8. The number of hydrogen-bond acceptors (Lipinski definition) is 7. The van der Waals surface area contributed by atoms with Crippen molar-refractivity contribution in [3.63, 3.8) is 0 Å². The molecule has 0 atom stereocenters. The molecule has 0 rings (SSSR count). The summed E-state index contributed by atoms with van der Waals surface area (Å²) in [5.41, 5.74) is -2.29. The average Bonchev–Trinajstić information content (AvgIpc) is 2.71. The molecule has 0 bridgehead atoms. The Bertz CT molecular complexity index is 537. The van der Waals surface area contributed by atoms with Crippen molar-refractivity contribution in [2.24, 2.45) is 17.8 Å². The molecule has 200 valence electrons. The number of esters is 3. The highest BCUT2D eigenvalue weighted by Gasteiger charge is 2.43. The van der Waals surface area contributed by atoms with Gasteiger partial charge < -0.3 is 19.3 Å². The molecule has 0 aliphatic rings. The lowest BCUT2D eigenvalue weighted by molar-refractivity contribution is -0.178. The maximum absolute atomic E-state index is 12.6. The van der Waals surface area contributed by atoms with E-state index in [9.17, 15) is 19.5 Å². The highest BCUT2D eigenvalue weighted by Crippen LogP contribution is 2.21. The van der Waals surface area contributed by atoms with Crippen LogP contribution in [0.3, 0.4) is 0 Å². The first kappa shape index (κ1) is 32.4. The zero-order valence-electron chi connectivity index (χ0n) is 22.5. The Morgan fingerprint density at radius 3 is 1.24 bits per heavy atom. The molecule has 0 amide bonds. The number of carbonyl (C=O) groups is 3. The van der Waals surface area contributed by atoms with Crippen LogP contribution in [0, 0.1) is 17.8 Å². The van der Waals surface area contributed by atoms with Crippen molar-refractivity contribution in [1.29, 1.82) is 0 Å². The zero-order valence-corrected chi connectivity index (χ0v) is 22.5. The summed E-state index contributed by atoms with van der Waals surface area (Å²) in [6.45, 7) is 13.3. The minimum absolute atomic E-state index is 0.127. The van der Waals surface area contributed by atoms with Crippen molar-refractivity contribution >= 4 is 17.9 Å². The van der Waals surface area contributed by atoms with Gasteiger partial charge in [-0.3, -0.25) is 9.59 Å². The zero-order chi connectivity index (χ0) is 26.0. The van der Waals surface area contributed by atoms with E-state index in [4.69, 9.17) is 14.2 Å². The summed E-state index contributed by atoms with van der Waals surface area (Å²) < 4.78 is 15.6. The Morgan fingerprint density at radius 2 is 0.912 bits per heavy atom. The predicted molar refractivity (Wildman–Crippen MR) is 133 cm³/mol. The van der Waals surface area contributed by atoms with Gasteiger partial charge in [0.2, 0.25) is 0 Å². The van der Waals surface area contributed by atoms with Crippen LogP contribution in [-0.4, -0.2) is 48.4 Å². The Morgan fingerprint density at radius 1 is 0.588 bits per heavy atom. The highest BCUT2D eigenvalue weighted by molar-refractivity contribution is 5.90. The quantitative estimate of drug-likeness (QED) is 0.136. The molecule has 0 aromatic heterocycles. The van der Waals surface area contributed by atoms with Crippen LogP contribution in [0.1, 0.15) is 112 Å². The lowest BCUT2D eigenvalue weighted by Crippen LogP contribution is -2.45. The van der Waals surface area contributed by atoms with Crippen LogP contribution in [0.5, 0.6) is 0 Å². The molecule has 0 saturated heterocycles. The lowest BCUT2D eigenvalue weighted by atomic mass is 9.95. The number of ether oxygens (including phenoxy) is 3. The topological polar surface area (TPSA) is 99.1 Å². The molecule has 7 nitrogen and oxygen atoms in total. The van der Waals surface area contributed by atoms with Crippen LogP contribution in [0.4, 0.5) is 0 Å². The van der Waals surface area contributed by atoms with Crippen molar-refractivity contribution in [2.75, 3.05) is 19.8 Å². The van der Waals surface area contributed by atoms with E-state index < -0.39 is 36.4 Å². The van der Waals surface area contributed by atoms with Crippen LogP contribution in [0.25, 0.3) is 0 Å². The first-order valence-electron chi connectivity index (χ1n) is 13.2.